The number of pyridine rings is 1. The summed E-state index contributed by atoms with van der Waals surface area (Å²) in [5.74, 6) is 0.461. The van der Waals surface area contributed by atoms with Gasteiger partial charge in [0, 0.05) is 22.2 Å². The highest BCUT2D eigenvalue weighted by molar-refractivity contribution is 5.80. The molecule has 2 heteroatoms. The Morgan fingerprint density at radius 1 is 1.11 bits per heavy atom. The summed E-state index contributed by atoms with van der Waals surface area (Å²) in [7, 11) is 0. The quantitative estimate of drug-likeness (QED) is 0.770. The first-order valence-electron chi connectivity index (χ1n) is 7.34. The van der Waals surface area contributed by atoms with Gasteiger partial charge in [0.1, 0.15) is 0 Å². The molecule has 1 heterocycles. The van der Waals surface area contributed by atoms with Crippen LogP contribution in [0.4, 0.5) is 0 Å². The predicted octanol–water partition coefficient (Wildman–Crippen LogP) is 3.92. The summed E-state index contributed by atoms with van der Waals surface area (Å²) in [6.07, 6.45) is 5.53. The van der Waals surface area contributed by atoms with Crippen LogP contribution < -0.4 is 5.43 Å². The van der Waals surface area contributed by atoms with E-state index in [0.29, 0.717) is 5.92 Å². The van der Waals surface area contributed by atoms with E-state index in [-0.39, 0.29) is 5.43 Å². The minimum Gasteiger partial charge on any atom is -0.358 e. The van der Waals surface area contributed by atoms with Crippen LogP contribution in [0.5, 0.6) is 0 Å². The highest BCUT2D eigenvalue weighted by Crippen LogP contribution is 2.22. The Morgan fingerprint density at radius 2 is 1.89 bits per heavy atom. The number of hydrogen-bond donors (Lipinski definition) is 1. The Kier molecular flexibility index (Phi) is 3.17. The Morgan fingerprint density at radius 3 is 2.68 bits per heavy atom. The summed E-state index contributed by atoms with van der Waals surface area (Å²) >= 11 is 0. The molecule has 0 saturated carbocycles. The van der Waals surface area contributed by atoms with E-state index >= 15 is 0 Å². The third-order valence-corrected chi connectivity index (χ3v) is 4.23. The van der Waals surface area contributed by atoms with Crippen molar-refractivity contribution >= 4 is 10.9 Å². The number of benzene rings is 1. The van der Waals surface area contributed by atoms with Gasteiger partial charge in [0.2, 0.25) is 0 Å². The van der Waals surface area contributed by atoms with Gasteiger partial charge < -0.3 is 4.98 Å². The molecule has 0 amide bonds. The molecule has 0 spiro atoms. The van der Waals surface area contributed by atoms with Gasteiger partial charge >= 0.3 is 0 Å². The fraction of sp³-hybridized carbons (Fsp3) is 0.471. The molecule has 0 atom stereocenters. The van der Waals surface area contributed by atoms with E-state index in [4.69, 9.17) is 0 Å². The van der Waals surface area contributed by atoms with Crippen LogP contribution in [0.1, 0.15) is 55.8 Å². The summed E-state index contributed by atoms with van der Waals surface area (Å²) in [5, 5.41) is 0.867. The summed E-state index contributed by atoms with van der Waals surface area (Å²) < 4.78 is 0. The van der Waals surface area contributed by atoms with Crippen molar-refractivity contribution in [3.63, 3.8) is 0 Å². The van der Waals surface area contributed by atoms with Crippen LogP contribution in [0.25, 0.3) is 10.9 Å². The maximum Gasteiger partial charge on any atom is 0.192 e. The van der Waals surface area contributed by atoms with E-state index in [2.05, 4.69) is 37.0 Å². The molecule has 0 fully saturated rings. The molecule has 0 aliphatic heterocycles. The Balaban J connectivity index is 2.26. The SMILES string of the molecule is CC(C)c1ccc2[nH]c3c(c(=O)c2c1)CCCCC3. The van der Waals surface area contributed by atoms with Crippen LogP contribution >= 0.6 is 0 Å². The van der Waals surface area contributed by atoms with Gasteiger partial charge in [-0.15, -0.1) is 0 Å². The van der Waals surface area contributed by atoms with Gasteiger partial charge in [-0.3, -0.25) is 4.79 Å². The van der Waals surface area contributed by atoms with Crippen LogP contribution in [-0.4, -0.2) is 4.98 Å². The highest BCUT2D eigenvalue weighted by atomic mass is 16.1. The zero-order valence-electron chi connectivity index (χ0n) is 11.8. The average Bonchev–Trinajstić information content (AvgIpc) is 2.64. The summed E-state index contributed by atoms with van der Waals surface area (Å²) in [6, 6.07) is 6.27. The van der Waals surface area contributed by atoms with Gasteiger partial charge in [0.25, 0.3) is 0 Å². The normalized spacial score (nSPS) is 15.5. The highest BCUT2D eigenvalue weighted by Gasteiger charge is 2.15. The molecule has 0 saturated heterocycles. The third-order valence-electron chi connectivity index (χ3n) is 4.23. The lowest BCUT2D eigenvalue weighted by molar-refractivity contribution is 0.708. The number of H-pyrrole nitrogens is 1. The van der Waals surface area contributed by atoms with Crippen molar-refractivity contribution in [1.82, 2.24) is 4.98 Å². The second kappa shape index (κ2) is 4.84. The molecule has 3 rings (SSSR count). The first-order chi connectivity index (χ1) is 9.16. The molecule has 1 aromatic heterocycles. The molecule has 0 bridgehead atoms. The van der Waals surface area contributed by atoms with E-state index in [9.17, 15) is 4.79 Å². The summed E-state index contributed by atoms with van der Waals surface area (Å²) in [5.41, 5.74) is 4.70. The lowest BCUT2D eigenvalue weighted by Gasteiger charge is -2.11. The zero-order valence-corrected chi connectivity index (χ0v) is 11.8. The van der Waals surface area contributed by atoms with Crippen LogP contribution in [0.2, 0.25) is 0 Å². The second-order valence-corrected chi connectivity index (χ2v) is 5.93. The number of hydrogen-bond acceptors (Lipinski definition) is 1. The molecule has 1 N–H and O–H groups in total. The third kappa shape index (κ3) is 2.20. The van der Waals surface area contributed by atoms with Crippen LogP contribution in [0.3, 0.4) is 0 Å². The van der Waals surface area contributed by atoms with Gasteiger partial charge in [0.05, 0.1) is 0 Å². The van der Waals surface area contributed by atoms with Gasteiger partial charge in [-0.1, -0.05) is 26.3 Å². The molecular weight excluding hydrogens is 234 g/mol. The maximum atomic E-state index is 12.7. The van der Waals surface area contributed by atoms with E-state index in [1.807, 2.05) is 0 Å². The van der Waals surface area contributed by atoms with Crippen LogP contribution in [0, 0.1) is 0 Å². The van der Waals surface area contributed by atoms with E-state index in [1.165, 1.54) is 24.1 Å². The van der Waals surface area contributed by atoms with Crippen molar-refractivity contribution in [2.24, 2.45) is 0 Å². The second-order valence-electron chi connectivity index (χ2n) is 5.93. The van der Waals surface area contributed by atoms with E-state index in [0.717, 1.165) is 35.7 Å². The number of rotatable bonds is 1. The number of aromatic amines is 1. The molecule has 1 aromatic carbocycles. The first kappa shape index (κ1) is 12.5. The lowest BCUT2D eigenvalue weighted by atomic mass is 9.98. The first-order valence-corrected chi connectivity index (χ1v) is 7.34. The number of aromatic nitrogens is 1. The van der Waals surface area contributed by atoms with Gasteiger partial charge in [0.15, 0.2) is 5.43 Å². The fourth-order valence-electron chi connectivity index (χ4n) is 3.01. The standard InChI is InChI=1S/C17H21NO/c1-11(2)12-8-9-16-14(10-12)17(19)13-6-4-3-5-7-15(13)18-16/h8-11H,3-7H2,1-2H3,(H,18,19). The largest absolute Gasteiger partial charge is 0.358 e. The van der Waals surface area contributed by atoms with E-state index < -0.39 is 0 Å². The van der Waals surface area contributed by atoms with Crippen molar-refractivity contribution in [3.8, 4) is 0 Å². The Bertz CT molecular complexity index is 667. The van der Waals surface area contributed by atoms with Crippen molar-refractivity contribution in [2.45, 2.75) is 51.9 Å². The molecule has 0 unspecified atom stereocenters. The topological polar surface area (TPSA) is 32.9 Å². The smallest absolute Gasteiger partial charge is 0.192 e. The van der Waals surface area contributed by atoms with Crippen molar-refractivity contribution in [2.75, 3.05) is 0 Å². The molecule has 0 radical (unpaired) electrons. The molecule has 19 heavy (non-hydrogen) atoms. The van der Waals surface area contributed by atoms with Crippen LogP contribution in [0.15, 0.2) is 23.0 Å². The number of nitrogens with one attached hydrogen (secondary N) is 1. The lowest BCUT2D eigenvalue weighted by Crippen LogP contribution is -2.14. The number of fused-ring (bicyclic) bond motifs is 2. The summed E-state index contributed by atoms with van der Waals surface area (Å²) in [4.78, 5) is 16.2. The Hall–Kier alpha value is -1.57. The number of aryl methyl sites for hydroxylation is 1. The molecule has 1 aliphatic carbocycles. The predicted molar refractivity (Wildman–Crippen MR) is 79.9 cm³/mol. The zero-order chi connectivity index (χ0) is 13.4. The van der Waals surface area contributed by atoms with Gasteiger partial charge in [-0.25, -0.2) is 0 Å². The monoisotopic (exact) mass is 255 g/mol. The molecule has 1 aliphatic rings. The van der Waals surface area contributed by atoms with Gasteiger partial charge in [-0.2, -0.15) is 0 Å². The minimum atomic E-state index is 0.258. The molecule has 2 aromatic rings. The average molecular weight is 255 g/mol. The van der Waals surface area contributed by atoms with Crippen molar-refractivity contribution in [3.05, 3.63) is 45.2 Å². The minimum absolute atomic E-state index is 0.258. The molecule has 100 valence electrons. The van der Waals surface area contributed by atoms with Crippen molar-refractivity contribution in [1.29, 1.82) is 0 Å². The Labute approximate surface area is 113 Å². The molecular formula is C17H21NO. The molecule has 2 nitrogen and oxygen atoms in total. The van der Waals surface area contributed by atoms with Crippen LogP contribution in [-0.2, 0) is 12.8 Å². The maximum absolute atomic E-state index is 12.7. The fourth-order valence-corrected chi connectivity index (χ4v) is 3.01. The summed E-state index contributed by atoms with van der Waals surface area (Å²) in [6.45, 7) is 4.33. The van der Waals surface area contributed by atoms with E-state index in [1.54, 1.807) is 0 Å². The van der Waals surface area contributed by atoms with Crippen molar-refractivity contribution < 1.29 is 0 Å². The van der Waals surface area contributed by atoms with Gasteiger partial charge in [-0.05, 0) is 49.3 Å².